The highest BCUT2D eigenvalue weighted by molar-refractivity contribution is 4.70. The van der Waals surface area contributed by atoms with E-state index in [4.69, 9.17) is 4.74 Å². The number of nitrogens with one attached hydrogen (secondary N) is 1. The monoisotopic (exact) mass is 156 g/mol. The minimum atomic E-state index is 0.778. The van der Waals surface area contributed by atoms with Crippen molar-refractivity contribution in [3.8, 4) is 0 Å². The predicted octanol–water partition coefficient (Wildman–Crippen LogP) is 0.233. The second kappa shape index (κ2) is 3.52. The molecule has 3 heteroatoms. The molecule has 2 fully saturated rings. The Morgan fingerprint density at radius 2 is 2.55 bits per heavy atom. The lowest BCUT2D eigenvalue weighted by Crippen LogP contribution is -2.35. The van der Waals surface area contributed by atoms with Crippen molar-refractivity contribution in [3.63, 3.8) is 0 Å². The number of nitrogens with zero attached hydrogens (tertiary/aromatic N) is 1. The lowest BCUT2D eigenvalue weighted by Gasteiger charge is -2.18. The minimum absolute atomic E-state index is 0.778. The first-order chi connectivity index (χ1) is 5.45. The lowest BCUT2D eigenvalue weighted by molar-refractivity contribution is 0.161. The fourth-order valence-electron chi connectivity index (χ4n) is 1.78. The third kappa shape index (κ3) is 1.92. The van der Waals surface area contributed by atoms with Crippen LogP contribution in [0.15, 0.2) is 0 Å². The molecule has 1 atom stereocenters. The Bertz CT molecular complexity index is 103. The molecule has 2 saturated heterocycles. The van der Waals surface area contributed by atoms with Crippen LogP contribution in [0.25, 0.3) is 0 Å². The summed E-state index contributed by atoms with van der Waals surface area (Å²) in [5, 5.41) is 2.33. The van der Waals surface area contributed by atoms with E-state index >= 15 is 0 Å². The quantitative estimate of drug-likeness (QED) is 0.619. The van der Waals surface area contributed by atoms with Gasteiger partial charge in [0.25, 0.3) is 0 Å². The second-order valence-electron chi connectivity index (χ2n) is 3.44. The van der Waals surface area contributed by atoms with Crippen LogP contribution >= 0.6 is 0 Å². The number of rotatable bonds is 2. The maximum absolute atomic E-state index is 5.31. The minimum Gasteiger partial charge on any atom is -0.381 e. The molecule has 0 aliphatic carbocycles. The van der Waals surface area contributed by atoms with E-state index in [2.05, 4.69) is 10.4 Å². The van der Waals surface area contributed by atoms with Crippen molar-refractivity contribution >= 4 is 0 Å². The summed E-state index contributed by atoms with van der Waals surface area (Å²) >= 11 is 0. The maximum Gasteiger partial charge on any atom is 0.0507 e. The summed E-state index contributed by atoms with van der Waals surface area (Å²) in [4.78, 5) is 0. The molecular formula is C8H16N2O. The van der Waals surface area contributed by atoms with Crippen LogP contribution in [0.3, 0.4) is 0 Å². The molecule has 0 aromatic carbocycles. The van der Waals surface area contributed by atoms with Crippen LogP contribution in [0.4, 0.5) is 0 Å². The van der Waals surface area contributed by atoms with Gasteiger partial charge >= 0.3 is 0 Å². The van der Waals surface area contributed by atoms with Crippen LogP contribution in [-0.2, 0) is 4.74 Å². The second-order valence-corrected chi connectivity index (χ2v) is 3.44. The zero-order valence-electron chi connectivity index (χ0n) is 6.88. The van der Waals surface area contributed by atoms with Crippen molar-refractivity contribution in [1.82, 2.24) is 10.4 Å². The molecule has 2 aliphatic heterocycles. The molecule has 3 nitrogen and oxygen atoms in total. The van der Waals surface area contributed by atoms with Crippen LogP contribution in [0.2, 0.25) is 0 Å². The number of hydrogen-bond acceptors (Lipinski definition) is 3. The van der Waals surface area contributed by atoms with Gasteiger partial charge < -0.3 is 4.74 Å². The van der Waals surface area contributed by atoms with Gasteiger partial charge in [-0.05, 0) is 18.8 Å². The number of hydrazine groups is 1. The van der Waals surface area contributed by atoms with Crippen molar-refractivity contribution < 1.29 is 4.74 Å². The van der Waals surface area contributed by atoms with Crippen molar-refractivity contribution in [1.29, 1.82) is 0 Å². The van der Waals surface area contributed by atoms with Gasteiger partial charge in [-0.1, -0.05) is 0 Å². The van der Waals surface area contributed by atoms with E-state index in [0.29, 0.717) is 0 Å². The van der Waals surface area contributed by atoms with E-state index in [1.165, 1.54) is 25.9 Å². The van der Waals surface area contributed by atoms with Crippen molar-refractivity contribution in [2.24, 2.45) is 5.92 Å². The summed E-state index contributed by atoms with van der Waals surface area (Å²) in [5.41, 5.74) is 3.36. The largest absolute Gasteiger partial charge is 0.381 e. The van der Waals surface area contributed by atoms with Gasteiger partial charge in [-0.25, -0.2) is 5.01 Å². The average molecular weight is 156 g/mol. The Morgan fingerprint density at radius 1 is 1.55 bits per heavy atom. The van der Waals surface area contributed by atoms with Gasteiger partial charge in [0.15, 0.2) is 0 Å². The molecule has 0 aromatic rings. The fourth-order valence-corrected chi connectivity index (χ4v) is 1.78. The Balaban J connectivity index is 1.71. The molecule has 0 spiro atoms. The smallest absolute Gasteiger partial charge is 0.0507 e. The van der Waals surface area contributed by atoms with E-state index in [0.717, 1.165) is 25.7 Å². The predicted molar refractivity (Wildman–Crippen MR) is 43.1 cm³/mol. The molecule has 0 radical (unpaired) electrons. The molecule has 1 unspecified atom stereocenters. The standard InChI is InChI=1S/C8H16N2O/c1-3-9-10(4-1)6-8-2-5-11-7-8/h8-9H,1-7H2. The highest BCUT2D eigenvalue weighted by atomic mass is 16.5. The molecule has 11 heavy (non-hydrogen) atoms. The third-order valence-electron chi connectivity index (χ3n) is 2.44. The van der Waals surface area contributed by atoms with E-state index in [1.807, 2.05) is 0 Å². The topological polar surface area (TPSA) is 24.5 Å². The Kier molecular flexibility index (Phi) is 2.41. The number of ether oxygens (including phenoxy) is 1. The summed E-state index contributed by atoms with van der Waals surface area (Å²) in [6.07, 6.45) is 2.55. The molecule has 2 aliphatic rings. The van der Waals surface area contributed by atoms with Crippen LogP contribution in [0, 0.1) is 5.92 Å². The van der Waals surface area contributed by atoms with Crippen LogP contribution in [-0.4, -0.2) is 37.9 Å². The van der Waals surface area contributed by atoms with Crippen molar-refractivity contribution in [3.05, 3.63) is 0 Å². The molecule has 2 heterocycles. The lowest BCUT2D eigenvalue weighted by atomic mass is 10.1. The van der Waals surface area contributed by atoms with Gasteiger partial charge in [-0.2, -0.15) is 0 Å². The average Bonchev–Trinajstić information content (AvgIpc) is 2.60. The van der Waals surface area contributed by atoms with E-state index in [-0.39, 0.29) is 0 Å². The van der Waals surface area contributed by atoms with E-state index in [9.17, 15) is 0 Å². The molecule has 2 rings (SSSR count). The first-order valence-corrected chi connectivity index (χ1v) is 4.51. The van der Waals surface area contributed by atoms with Gasteiger partial charge in [-0.15, -0.1) is 0 Å². The third-order valence-corrected chi connectivity index (χ3v) is 2.44. The SMILES string of the molecule is C1CNN(CC2CCOC2)C1. The summed E-state index contributed by atoms with van der Waals surface area (Å²) in [7, 11) is 0. The molecular weight excluding hydrogens is 140 g/mol. The molecule has 0 aromatic heterocycles. The highest BCUT2D eigenvalue weighted by Crippen LogP contribution is 2.14. The van der Waals surface area contributed by atoms with Crippen molar-refractivity contribution in [2.45, 2.75) is 12.8 Å². The van der Waals surface area contributed by atoms with Crippen LogP contribution < -0.4 is 5.43 Å². The summed E-state index contributed by atoms with van der Waals surface area (Å²) in [6, 6.07) is 0. The molecule has 0 bridgehead atoms. The van der Waals surface area contributed by atoms with Gasteiger partial charge in [0, 0.05) is 26.2 Å². The van der Waals surface area contributed by atoms with Crippen molar-refractivity contribution in [2.75, 3.05) is 32.8 Å². The van der Waals surface area contributed by atoms with Gasteiger partial charge in [0.1, 0.15) is 0 Å². The van der Waals surface area contributed by atoms with Gasteiger partial charge in [-0.3, -0.25) is 5.43 Å². The van der Waals surface area contributed by atoms with Crippen LogP contribution in [0.5, 0.6) is 0 Å². The first kappa shape index (κ1) is 7.53. The summed E-state index contributed by atoms with van der Waals surface area (Å²) in [6.45, 7) is 5.50. The van der Waals surface area contributed by atoms with E-state index in [1.54, 1.807) is 0 Å². The molecule has 64 valence electrons. The Hall–Kier alpha value is -0.120. The highest BCUT2D eigenvalue weighted by Gasteiger charge is 2.20. The fraction of sp³-hybridized carbons (Fsp3) is 1.00. The summed E-state index contributed by atoms with van der Waals surface area (Å²) < 4.78 is 5.31. The molecule has 0 amide bonds. The Labute approximate surface area is 67.7 Å². The summed E-state index contributed by atoms with van der Waals surface area (Å²) in [5.74, 6) is 0.778. The normalized spacial score (nSPS) is 33.3. The van der Waals surface area contributed by atoms with E-state index < -0.39 is 0 Å². The zero-order valence-corrected chi connectivity index (χ0v) is 6.88. The maximum atomic E-state index is 5.31. The molecule has 1 N–H and O–H groups in total. The van der Waals surface area contributed by atoms with Crippen LogP contribution in [0.1, 0.15) is 12.8 Å². The zero-order chi connectivity index (χ0) is 7.52. The number of hydrogen-bond donors (Lipinski definition) is 1. The van der Waals surface area contributed by atoms with Gasteiger partial charge in [0.2, 0.25) is 0 Å². The van der Waals surface area contributed by atoms with Gasteiger partial charge in [0.05, 0.1) is 6.61 Å². The molecule has 0 saturated carbocycles. The first-order valence-electron chi connectivity index (χ1n) is 4.51. The Morgan fingerprint density at radius 3 is 3.18 bits per heavy atom.